The summed E-state index contributed by atoms with van der Waals surface area (Å²) in [4.78, 5) is 0. The molecule has 0 aliphatic heterocycles. The van der Waals surface area contributed by atoms with Crippen molar-refractivity contribution in [2.24, 2.45) is 5.92 Å². The van der Waals surface area contributed by atoms with E-state index in [9.17, 15) is 0 Å². The van der Waals surface area contributed by atoms with Crippen LogP contribution in [0.3, 0.4) is 0 Å². The largest absolute Gasteiger partial charge is 0.396 e. The lowest BCUT2D eigenvalue weighted by Crippen LogP contribution is -2.19. The Labute approximate surface area is 55.8 Å². The first-order valence-corrected chi connectivity index (χ1v) is 3.52. The highest BCUT2D eigenvalue weighted by Gasteiger charge is 2.25. The first-order chi connectivity index (χ1) is 4.38. The fraction of sp³-hybridized carbons (Fsp3) is 1.00. The van der Waals surface area contributed by atoms with E-state index in [-0.39, 0.29) is 0 Å². The summed E-state index contributed by atoms with van der Waals surface area (Å²) in [6.45, 7) is 0.290. The highest BCUT2D eigenvalue weighted by molar-refractivity contribution is 4.76. The van der Waals surface area contributed by atoms with Crippen LogP contribution in [0.1, 0.15) is 19.3 Å². The summed E-state index contributed by atoms with van der Waals surface area (Å²) in [5.74, 6) is 0.412. The zero-order valence-corrected chi connectivity index (χ0v) is 5.84. The molecule has 0 radical (unpaired) electrons. The molecular formula is C7H14O2. The van der Waals surface area contributed by atoms with Gasteiger partial charge in [-0.2, -0.15) is 0 Å². The molecule has 2 heteroatoms. The molecule has 1 aliphatic carbocycles. The van der Waals surface area contributed by atoms with Gasteiger partial charge in [0.2, 0.25) is 0 Å². The van der Waals surface area contributed by atoms with E-state index in [2.05, 4.69) is 0 Å². The van der Waals surface area contributed by atoms with Crippen LogP contribution >= 0.6 is 0 Å². The lowest BCUT2D eigenvalue weighted by atomic mass is 10.1. The molecule has 0 heterocycles. The molecule has 1 N–H and O–H groups in total. The molecule has 0 aromatic heterocycles. The first kappa shape index (κ1) is 7.03. The van der Waals surface area contributed by atoms with Gasteiger partial charge >= 0.3 is 0 Å². The summed E-state index contributed by atoms with van der Waals surface area (Å²) in [6, 6.07) is 0. The van der Waals surface area contributed by atoms with Gasteiger partial charge in [0.05, 0.1) is 6.10 Å². The third kappa shape index (κ3) is 1.43. The van der Waals surface area contributed by atoms with Gasteiger partial charge in [-0.25, -0.2) is 0 Å². The van der Waals surface area contributed by atoms with Crippen molar-refractivity contribution in [1.82, 2.24) is 0 Å². The Balaban J connectivity index is 2.32. The van der Waals surface area contributed by atoms with Crippen LogP contribution in [0.5, 0.6) is 0 Å². The molecule has 1 saturated carbocycles. The summed E-state index contributed by atoms with van der Waals surface area (Å²) in [6.07, 6.45) is 3.80. The van der Waals surface area contributed by atoms with Crippen LogP contribution in [0, 0.1) is 5.92 Å². The fourth-order valence-corrected chi connectivity index (χ4v) is 1.52. The lowest BCUT2D eigenvalue weighted by molar-refractivity contribution is 0.0461. The highest BCUT2D eigenvalue weighted by Crippen LogP contribution is 2.26. The molecule has 2 atom stereocenters. The minimum absolute atomic E-state index is 0.290. The van der Waals surface area contributed by atoms with E-state index < -0.39 is 0 Å². The summed E-state index contributed by atoms with van der Waals surface area (Å²) >= 11 is 0. The average molecular weight is 130 g/mol. The van der Waals surface area contributed by atoms with Gasteiger partial charge in [-0.15, -0.1) is 0 Å². The second-order valence-corrected chi connectivity index (χ2v) is 2.65. The molecule has 54 valence electrons. The summed E-state index contributed by atoms with van der Waals surface area (Å²) < 4.78 is 5.15. The third-order valence-corrected chi connectivity index (χ3v) is 2.13. The third-order valence-electron chi connectivity index (χ3n) is 2.13. The summed E-state index contributed by atoms with van der Waals surface area (Å²) in [7, 11) is 1.72. The number of ether oxygens (including phenoxy) is 1. The van der Waals surface area contributed by atoms with Crippen LogP contribution in [0.15, 0.2) is 0 Å². The Hall–Kier alpha value is -0.0800. The van der Waals surface area contributed by atoms with Gasteiger partial charge in [0.25, 0.3) is 0 Å². The molecule has 0 amide bonds. The van der Waals surface area contributed by atoms with Gasteiger partial charge in [0.1, 0.15) is 0 Å². The van der Waals surface area contributed by atoms with Crippen molar-refractivity contribution in [3.8, 4) is 0 Å². The van der Waals surface area contributed by atoms with E-state index >= 15 is 0 Å². The normalized spacial score (nSPS) is 35.3. The smallest absolute Gasteiger partial charge is 0.0621 e. The number of hydrogen-bond acceptors (Lipinski definition) is 2. The maximum atomic E-state index is 8.79. The average Bonchev–Trinajstić information content (AvgIpc) is 2.33. The van der Waals surface area contributed by atoms with E-state index in [0.717, 1.165) is 12.8 Å². The van der Waals surface area contributed by atoms with Crippen molar-refractivity contribution in [2.45, 2.75) is 25.4 Å². The molecule has 9 heavy (non-hydrogen) atoms. The van der Waals surface area contributed by atoms with Crippen LogP contribution in [0.2, 0.25) is 0 Å². The molecule has 0 unspecified atom stereocenters. The Morgan fingerprint density at radius 1 is 1.56 bits per heavy atom. The van der Waals surface area contributed by atoms with E-state index in [4.69, 9.17) is 9.84 Å². The van der Waals surface area contributed by atoms with Crippen molar-refractivity contribution in [3.05, 3.63) is 0 Å². The summed E-state index contributed by atoms with van der Waals surface area (Å²) in [5, 5.41) is 8.79. The maximum Gasteiger partial charge on any atom is 0.0621 e. The molecule has 0 aromatic rings. The van der Waals surface area contributed by atoms with Crippen LogP contribution in [-0.2, 0) is 4.74 Å². The number of methoxy groups -OCH3 is 1. The molecule has 1 rings (SSSR count). The molecule has 1 aliphatic rings. The predicted molar refractivity (Wildman–Crippen MR) is 35.2 cm³/mol. The molecule has 0 saturated heterocycles. The van der Waals surface area contributed by atoms with E-state index in [1.807, 2.05) is 0 Å². The number of hydrogen-bond donors (Lipinski definition) is 1. The molecule has 0 aromatic carbocycles. The Morgan fingerprint density at radius 2 is 2.33 bits per heavy atom. The zero-order chi connectivity index (χ0) is 6.69. The lowest BCUT2D eigenvalue weighted by Gasteiger charge is -2.14. The minimum atomic E-state index is 0.290. The Kier molecular flexibility index (Phi) is 2.49. The first-order valence-electron chi connectivity index (χ1n) is 3.52. The monoisotopic (exact) mass is 130 g/mol. The van der Waals surface area contributed by atoms with Gasteiger partial charge in [-0.3, -0.25) is 0 Å². The van der Waals surface area contributed by atoms with Gasteiger partial charge in [0, 0.05) is 19.6 Å². The van der Waals surface area contributed by atoms with Crippen molar-refractivity contribution < 1.29 is 9.84 Å². The van der Waals surface area contributed by atoms with Gasteiger partial charge in [-0.05, 0) is 12.8 Å². The van der Waals surface area contributed by atoms with Crippen LogP contribution < -0.4 is 0 Å². The number of aliphatic hydroxyl groups is 1. The fourth-order valence-electron chi connectivity index (χ4n) is 1.52. The topological polar surface area (TPSA) is 29.5 Å². The number of rotatable bonds is 2. The van der Waals surface area contributed by atoms with Crippen LogP contribution in [-0.4, -0.2) is 24.9 Å². The van der Waals surface area contributed by atoms with Crippen LogP contribution in [0.25, 0.3) is 0 Å². The Bertz CT molecular complexity index is 73.0. The van der Waals surface area contributed by atoms with Crippen molar-refractivity contribution >= 4 is 0 Å². The molecule has 1 fully saturated rings. The number of aliphatic hydroxyl groups excluding tert-OH is 1. The Morgan fingerprint density at radius 3 is 2.78 bits per heavy atom. The second-order valence-electron chi connectivity index (χ2n) is 2.65. The molecule has 0 bridgehead atoms. The van der Waals surface area contributed by atoms with E-state index in [1.165, 1.54) is 6.42 Å². The quantitative estimate of drug-likeness (QED) is 0.599. The maximum absolute atomic E-state index is 8.79. The van der Waals surface area contributed by atoms with E-state index in [0.29, 0.717) is 18.6 Å². The summed E-state index contributed by atoms with van der Waals surface area (Å²) in [5.41, 5.74) is 0. The SMILES string of the molecule is CO[C@H]1CCC[C@H]1CO. The molecule has 0 spiro atoms. The second kappa shape index (κ2) is 3.18. The van der Waals surface area contributed by atoms with Crippen molar-refractivity contribution in [1.29, 1.82) is 0 Å². The molecular weight excluding hydrogens is 116 g/mol. The highest BCUT2D eigenvalue weighted by atomic mass is 16.5. The standard InChI is InChI=1S/C7H14O2/c1-9-7-4-2-3-6(7)5-8/h6-8H,2-5H2,1H3/t6-,7-/m0/s1. The predicted octanol–water partition coefficient (Wildman–Crippen LogP) is 0.794. The van der Waals surface area contributed by atoms with Crippen LogP contribution in [0.4, 0.5) is 0 Å². The van der Waals surface area contributed by atoms with Crippen molar-refractivity contribution in [3.63, 3.8) is 0 Å². The van der Waals surface area contributed by atoms with Gasteiger partial charge in [0.15, 0.2) is 0 Å². The zero-order valence-electron chi connectivity index (χ0n) is 5.84. The minimum Gasteiger partial charge on any atom is -0.396 e. The van der Waals surface area contributed by atoms with Gasteiger partial charge < -0.3 is 9.84 Å². The van der Waals surface area contributed by atoms with Crippen molar-refractivity contribution in [2.75, 3.05) is 13.7 Å². The molecule has 2 nitrogen and oxygen atoms in total. The van der Waals surface area contributed by atoms with E-state index in [1.54, 1.807) is 7.11 Å². The van der Waals surface area contributed by atoms with Gasteiger partial charge in [-0.1, -0.05) is 6.42 Å².